The first-order valence-electron chi connectivity index (χ1n) is 20.3. The van der Waals surface area contributed by atoms with Crippen molar-refractivity contribution in [3.63, 3.8) is 0 Å². The summed E-state index contributed by atoms with van der Waals surface area (Å²) in [4.78, 5) is 33.8. The third-order valence-corrected chi connectivity index (χ3v) is 11.5. The minimum absolute atomic E-state index is 0.0199. The molecule has 0 radical (unpaired) electrons. The van der Waals surface area contributed by atoms with Crippen LogP contribution in [0.2, 0.25) is 0 Å². The minimum atomic E-state index is -0.0199. The molecule has 11 nitrogen and oxygen atoms in total. The molecule has 1 saturated heterocycles. The van der Waals surface area contributed by atoms with Crippen molar-refractivity contribution < 1.29 is 18.5 Å². The molecular formula is C44H60N8O3+2. The number of carbonyl (C=O) groups is 2. The van der Waals surface area contributed by atoms with E-state index in [-0.39, 0.29) is 11.8 Å². The fourth-order valence-corrected chi connectivity index (χ4v) is 7.62. The molecule has 292 valence electrons. The van der Waals surface area contributed by atoms with E-state index in [4.69, 9.17) is 4.42 Å². The van der Waals surface area contributed by atoms with Crippen LogP contribution in [0.15, 0.2) is 71.3 Å². The highest BCUT2D eigenvalue weighted by molar-refractivity contribution is 6.09. The zero-order chi connectivity index (χ0) is 39.1. The van der Waals surface area contributed by atoms with E-state index >= 15 is 0 Å². The number of aryl methyl sites for hydroxylation is 1. The number of carbonyl (C=O) groups excluding carboxylic acids is 2. The molecule has 6 rings (SSSR count). The Bertz CT molecular complexity index is 2130. The molecule has 2 aliphatic heterocycles. The van der Waals surface area contributed by atoms with E-state index < -0.39 is 0 Å². The molecule has 0 spiro atoms. The van der Waals surface area contributed by atoms with Gasteiger partial charge in [0.15, 0.2) is 0 Å². The van der Waals surface area contributed by atoms with Gasteiger partial charge in [-0.15, -0.1) is 5.10 Å². The van der Waals surface area contributed by atoms with Gasteiger partial charge in [-0.25, -0.2) is 9.26 Å². The van der Waals surface area contributed by atoms with Gasteiger partial charge in [-0.2, -0.15) is 0 Å². The first kappa shape index (κ1) is 39.7. The summed E-state index contributed by atoms with van der Waals surface area (Å²) in [6.07, 6.45) is 3.90. The van der Waals surface area contributed by atoms with Gasteiger partial charge in [-0.1, -0.05) is 23.4 Å². The van der Waals surface area contributed by atoms with Crippen molar-refractivity contribution in [2.24, 2.45) is 0 Å². The van der Waals surface area contributed by atoms with Crippen LogP contribution < -0.4 is 14.8 Å². The number of piperazine rings is 1. The van der Waals surface area contributed by atoms with Gasteiger partial charge in [-0.05, 0) is 77.3 Å². The first-order chi connectivity index (χ1) is 26.6. The van der Waals surface area contributed by atoms with Crippen molar-refractivity contribution in [1.82, 2.24) is 29.4 Å². The van der Waals surface area contributed by atoms with Crippen molar-refractivity contribution in [2.45, 2.75) is 60.4 Å². The predicted octanol–water partition coefficient (Wildman–Crippen LogP) is 5.86. The third-order valence-electron chi connectivity index (χ3n) is 11.5. The Kier molecular flexibility index (Phi) is 12.7. The molecule has 1 aliphatic carbocycles. The van der Waals surface area contributed by atoms with Crippen LogP contribution in [-0.2, 0) is 17.8 Å². The zero-order valence-corrected chi connectivity index (χ0v) is 34.1. The molecule has 11 heteroatoms. The molecule has 0 bridgehead atoms. The topological polar surface area (TPSA) is 90.7 Å². The number of benzene rings is 3. The summed E-state index contributed by atoms with van der Waals surface area (Å²) in [5.74, 6) is 0.896. The second-order valence-corrected chi connectivity index (χ2v) is 15.2. The minimum Gasteiger partial charge on any atom is -0.456 e. The molecule has 0 saturated carbocycles. The molecule has 2 amide bonds. The fraction of sp³-hybridized carbons (Fsp3) is 0.477. The Morgan fingerprint density at radius 2 is 1.60 bits per heavy atom. The Morgan fingerprint density at radius 1 is 0.873 bits per heavy atom. The Labute approximate surface area is 326 Å². The molecule has 1 aromatic heterocycles. The summed E-state index contributed by atoms with van der Waals surface area (Å²) >= 11 is 0. The second-order valence-electron chi connectivity index (χ2n) is 15.2. The number of anilines is 1. The van der Waals surface area contributed by atoms with Crippen molar-refractivity contribution in [3.05, 3.63) is 83.5 Å². The van der Waals surface area contributed by atoms with E-state index in [0.29, 0.717) is 38.2 Å². The summed E-state index contributed by atoms with van der Waals surface area (Å²) in [6, 6.07) is 20.8. The highest BCUT2D eigenvalue weighted by Gasteiger charge is 2.28. The number of quaternary nitrogens is 1. The SMILES string of the molecule is CCN(CC)c1ccc2c(-c3ccccc3C(=O)N3CCN(C(=O)CCCc4cn(CC[N+](C)(C)CC)nn4)CC3)c3ccc(=[N+](CC)CC)cc-3oc2c1. The van der Waals surface area contributed by atoms with Gasteiger partial charge < -0.3 is 23.6 Å². The van der Waals surface area contributed by atoms with E-state index in [2.05, 4.69) is 111 Å². The Morgan fingerprint density at radius 3 is 2.31 bits per heavy atom. The van der Waals surface area contributed by atoms with Crippen molar-refractivity contribution in [2.75, 3.05) is 84.4 Å². The number of likely N-dealkylation sites (N-methyl/N-ethyl adjacent to an activating group) is 1. The highest BCUT2D eigenvalue weighted by Crippen LogP contribution is 2.42. The van der Waals surface area contributed by atoms with E-state index in [1.165, 1.54) is 0 Å². The normalized spacial score (nSPS) is 13.5. The monoisotopic (exact) mass is 748 g/mol. The van der Waals surface area contributed by atoms with Gasteiger partial charge in [0.05, 0.1) is 45.5 Å². The maximum atomic E-state index is 14.4. The molecule has 3 aromatic rings. The Hall–Kier alpha value is -5.03. The number of amides is 2. The first-order valence-corrected chi connectivity index (χ1v) is 20.3. The van der Waals surface area contributed by atoms with E-state index in [0.717, 1.165) is 113 Å². The van der Waals surface area contributed by atoms with Crippen LogP contribution >= 0.6 is 0 Å². The number of hydrogen-bond donors (Lipinski definition) is 0. The van der Waals surface area contributed by atoms with Gasteiger partial charge >= 0.3 is 0 Å². The molecule has 0 unspecified atom stereocenters. The van der Waals surface area contributed by atoms with Crippen LogP contribution in [0.25, 0.3) is 33.4 Å². The number of hydrogen-bond acceptors (Lipinski definition) is 6. The van der Waals surface area contributed by atoms with Gasteiger partial charge in [0, 0.05) is 91.8 Å². The van der Waals surface area contributed by atoms with Gasteiger partial charge in [0.2, 0.25) is 11.3 Å². The third kappa shape index (κ3) is 8.93. The lowest BCUT2D eigenvalue weighted by atomic mass is 9.90. The van der Waals surface area contributed by atoms with Gasteiger partial charge in [0.25, 0.3) is 5.91 Å². The molecule has 1 fully saturated rings. The summed E-state index contributed by atoms with van der Waals surface area (Å²) in [7, 11) is 4.43. The van der Waals surface area contributed by atoms with Crippen LogP contribution in [0.1, 0.15) is 63.5 Å². The summed E-state index contributed by atoms with van der Waals surface area (Å²) < 4.78 is 11.9. The number of fused-ring (bicyclic) bond motifs is 2. The number of aromatic nitrogens is 3. The van der Waals surface area contributed by atoms with E-state index in [1.54, 1.807) is 0 Å². The largest absolute Gasteiger partial charge is 0.456 e. The van der Waals surface area contributed by atoms with Gasteiger partial charge in [-0.3, -0.25) is 9.59 Å². The molecule has 0 atom stereocenters. The fourth-order valence-electron chi connectivity index (χ4n) is 7.62. The second kappa shape index (κ2) is 17.6. The van der Waals surface area contributed by atoms with Crippen molar-refractivity contribution >= 4 is 28.5 Å². The maximum absolute atomic E-state index is 14.4. The zero-order valence-electron chi connectivity index (χ0n) is 34.1. The van der Waals surface area contributed by atoms with Crippen LogP contribution in [0.3, 0.4) is 0 Å². The lowest BCUT2D eigenvalue weighted by Gasteiger charge is -2.35. The smallest absolute Gasteiger partial charge is 0.254 e. The number of rotatable bonds is 15. The Balaban J connectivity index is 1.19. The standard InChI is InChI=1S/C44H60N8O3/c1-8-47(9-2)34-20-22-38-40(30-34)55-41-31-35(48(10-3)11-4)21-23-39(41)43(38)36-17-13-14-18-37(36)44(54)50-26-24-49(25-27-50)42(53)19-15-16-33-32-51(46-45-33)28-29-52(6,7)12-5/h13-14,17-18,20-23,30-32H,8-12,15-16,19,24-29H2,1-7H3/q+2. The highest BCUT2D eigenvalue weighted by atomic mass is 16.3. The predicted molar refractivity (Wildman–Crippen MR) is 221 cm³/mol. The van der Waals surface area contributed by atoms with Crippen LogP contribution in [0.5, 0.6) is 0 Å². The lowest BCUT2D eigenvalue weighted by Crippen LogP contribution is -2.50. The van der Waals surface area contributed by atoms with Crippen LogP contribution in [0.4, 0.5) is 5.69 Å². The van der Waals surface area contributed by atoms with Crippen molar-refractivity contribution in [3.8, 4) is 22.5 Å². The average Bonchev–Trinajstić information content (AvgIpc) is 3.67. The van der Waals surface area contributed by atoms with E-state index in [9.17, 15) is 9.59 Å². The molecule has 2 aromatic carbocycles. The molecular weight excluding hydrogens is 689 g/mol. The quantitative estimate of drug-likeness (QED) is 0.0758. The lowest BCUT2D eigenvalue weighted by molar-refractivity contribution is -0.889. The number of nitrogens with zero attached hydrogens (tertiary/aromatic N) is 8. The van der Waals surface area contributed by atoms with E-state index in [1.807, 2.05) is 38.9 Å². The summed E-state index contributed by atoms with van der Waals surface area (Å²) in [5, 5.41) is 10.7. The van der Waals surface area contributed by atoms with Crippen molar-refractivity contribution in [1.29, 1.82) is 0 Å². The molecule has 3 aliphatic rings. The molecule has 3 heterocycles. The molecule has 0 N–H and O–H groups in total. The van der Waals surface area contributed by atoms with Gasteiger partial charge in [0.1, 0.15) is 24.4 Å². The molecule has 55 heavy (non-hydrogen) atoms. The summed E-state index contributed by atoms with van der Waals surface area (Å²) in [6.45, 7) is 19.3. The average molecular weight is 749 g/mol. The van der Waals surface area contributed by atoms with Crippen LogP contribution in [-0.4, -0.2) is 121 Å². The maximum Gasteiger partial charge on any atom is 0.254 e. The van der Waals surface area contributed by atoms with Crippen LogP contribution in [0, 0.1) is 0 Å². The summed E-state index contributed by atoms with van der Waals surface area (Å²) in [5.41, 5.74) is 6.32.